The first-order valence-corrected chi connectivity index (χ1v) is 7.75. The highest BCUT2D eigenvalue weighted by Gasteiger charge is 2.12. The molecule has 20 heavy (non-hydrogen) atoms. The summed E-state index contributed by atoms with van der Waals surface area (Å²) in [7, 11) is 1.70. The average Bonchev–Trinajstić information content (AvgIpc) is 2.85. The molecule has 1 heterocycles. The van der Waals surface area contributed by atoms with Gasteiger partial charge < -0.3 is 14.8 Å². The third-order valence-corrected chi connectivity index (χ3v) is 4.21. The van der Waals surface area contributed by atoms with Crippen molar-refractivity contribution in [2.75, 3.05) is 32.2 Å². The number of ether oxygens (including phenoxy) is 2. The summed E-state index contributed by atoms with van der Waals surface area (Å²) in [6.45, 7) is 8.52. The fraction of sp³-hybridized carbons (Fsp3) is 0.533. The Morgan fingerprint density at radius 3 is 2.75 bits per heavy atom. The Hall–Kier alpha value is -1.33. The van der Waals surface area contributed by atoms with Crippen molar-refractivity contribution < 1.29 is 9.47 Å². The van der Waals surface area contributed by atoms with E-state index in [0.29, 0.717) is 6.61 Å². The lowest BCUT2D eigenvalue weighted by Gasteiger charge is -2.10. The number of benzene rings is 1. The van der Waals surface area contributed by atoms with Crippen LogP contribution >= 0.6 is 11.3 Å². The zero-order valence-corrected chi connectivity index (χ0v) is 13.4. The Morgan fingerprint density at radius 1 is 1.25 bits per heavy atom. The number of aromatic nitrogens is 1. The van der Waals surface area contributed by atoms with Gasteiger partial charge in [0.15, 0.2) is 5.13 Å². The van der Waals surface area contributed by atoms with E-state index in [1.54, 1.807) is 18.4 Å². The predicted molar refractivity (Wildman–Crippen MR) is 85.2 cm³/mol. The van der Waals surface area contributed by atoms with Crippen LogP contribution in [0.5, 0.6) is 5.75 Å². The number of nitrogens with one attached hydrogen (secondary N) is 1. The van der Waals surface area contributed by atoms with Crippen molar-refractivity contribution in [2.24, 2.45) is 0 Å². The molecule has 0 atom stereocenters. The zero-order chi connectivity index (χ0) is 14.5. The first kappa shape index (κ1) is 15.1. The van der Waals surface area contributed by atoms with Crippen molar-refractivity contribution in [1.29, 1.82) is 0 Å². The number of fused-ring (bicyclic) bond motifs is 1. The van der Waals surface area contributed by atoms with Gasteiger partial charge in [0, 0.05) is 13.7 Å². The van der Waals surface area contributed by atoms with Gasteiger partial charge in [-0.3, -0.25) is 0 Å². The van der Waals surface area contributed by atoms with E-state index in [0.717, 1.165) is 36.0 Å². The normalized spacial score (nSPS) is 11.0. The van der Waals surface area contributed by atoms with Crippen molar-refractivity contribution in [3.63, 3.8) is 0 Å². The predicted octanol–water partition coefficient (Wildman–Crippen LogP) is 3.76. The smallest absolute Gasteiger partial charge is 0.183 e. The fourth-order valence-electron chi connectivity index (χ4n) is 1.99. The molecular weight excluding hydrogens is 272 g/mol. The Labute approximate surface area is 124 Å². The first-order valence-electron chi connectivity index (χ1n) is 6.93. The van der Waals surface area contributed by atoms with Crippen molar-refractivity contribution in [3.05, 3.63) is 17.2 Å². The number of hydrogen-bond donors (Lipinski definition) is 1. The van der Waals surface area contributed by atoms with Crippen LogP contribution in [0.3, 0.4) is 0 Å². The highest BCUT2D eigenvalue weighted by atomic mass is 32.1. The van der Waals surface area contributed by atoms with Gasteiger partial charge in [0.1, 0.15) is 5.75 Å². The number of thiazole rings is 1. The highest BCUT2D eigenvalue weighted by molar-refractivity contribution is 7.22. The monoisotopic (exact) mass is 294 g/mol. The van der Waals surface area contributed by atoms with E-state index in [1.165, 1.54) is 15.8 Å². The van der Waals surface area contributed by atoms with Gasteiger partial charge in [-0.15, -0.1) is 0 Å². The molecule has 0 aliphatic carbocycles. The first-order chi connectivity index (χ1) is 9.67. The molecule has 0 amide bonds. The Bertz CT molecular complexity index is 581. The van der Waals surface area contributed by atoms with E-state index < -0.39 is 0 Å². The molecular formula is C15H22N2O2S. The number of hydrogen-bond acceptors (Lipinski definition) is 5. The van der Waals surface area contributed by atoms with Crippen LogP contribution in [0.1, 0.15) is 24.5 Å². The fourth-order valence-corrected chi connectivity index (χ4v) is 2.97. The van der Waals surface area contributed by atoms with Gasteiger partial charge in [-0.1, -0.05) is 18.3 Å². The number of aryl methyl sites for hydroxylation is 1. The molecule has 0 fully saturated rings. The van der Waals surface area contributed by atoms with Gasteiger partial charge in [-0.2, -0.15) is 0 Å². The van der Waals surface area contributed by atoms with E-state index in [4.69, 9.17) is 9.47 Å². The molecule has 2 rings (SSSR count). The summed E-state index contributed by atoms with van der Waals surface area (Å²) >= 11 is 1.66. The van der Waals surface area contributed by atoms with Crippen LogP contribution in [0.4, 0.5) is 5.13 Å². The lowest BCUT2D eigenvalue weighted by molar-refractivity contribution is 0.211. The average molecular weight is 294 g/mol. The summed E-state index contributed by atoms with van der Waals surface area (Å²) in [5.74, 6) is 0.976. The number of rotatable bonds is 7. The summed E-state index contributed by atoms with van der Waals surface area (Å²) in [4.78, 5) is 4.66. The van der Waals surface area contributed by atoms with Crippen molar-refractivity contribution in [3.8, 4) is 5.75 Å². The lowest BCUT2D eigenvalue weighted by atomic mass is 10.1. The van der Waals surface area contributed by atoms with E-state index in [1.807, 2.05) is 0 Å². The topological polar surface area (TPSA) is 43.4 Å². The highest BCUT2D eigenvalue weighted by Crippen LogP contribution is 2.35. The van der Waals surface area contributed by atoms with Gasteiger partial charge in [0.05, 0.1) is 23.4 Å². The molecule has 110 valence electrons. The second-order valence-corrected chi connectivity index (χ2v) is 5.79. The maximum Gasteiger partial charge on any atom is 0.183 e. The van der Waals surface area contributed by atoms with E-state index in [9.17, 15) is 0 Å². The van der Waals surface area contributed by atoms with Crippen LogP contribution in [-0.2, 0) is 4.74 Å². The molecule has 2 aromatic rings. The molecule has 4 nitrogen and oxygen atoms in total. The number of nitrogens with zero attached hydrogens (tertiary/aromatic N) is 1. The SMILES string of the molecule is CCCOc1cc2sc(NCCOC)nc2c(C)c1C. The van der Waals surface area contributed by atoms with E-state index in [-0.39, 0.29) is 0 Å². The molecule has 1 N–H and O–H groups in total. The maximum atomic E-state index is 5.82. The van der Waals surface area contributed by atoms with Crippen LogP contribution in [0, 0.1) is 13.8 Å². The zero-order valence-electron chi connectivity index (χ0n) is 12.6. The molecule has 5 heteroatoms. The Balaban J connectivity index is 2.28. The van der Waals surface area contributed by atoms with Crippen LogP contribution < -0.4 is 10.1 Å². The minimum absolute atomic E-state index is 0.679. The van der Waals surface area contributed by atoms with Crippen molar-refractivity contribution in [1.82, 2.24) is 4.98 Å². The summed E-state index contributed by atoms with van der Waals surface area (Å²) in [5.41, 5.74) is 3.45. The quantitative estimate of drug-likeness (QED) is 0.790. The molecule has 0 saturated carbocycles. The number of anilines is 1. The molecule has 1 aromatic heterocycles. The van der Waals surface area contributed by atoms with Gasteiger partial charge in [-0.05, 0) is 37.5 Å². The number of methoxy groups -OCH3 is 1. The van der Waals surface area contributed by atoms with Gasteiger partial charge in [-0.25, -0.2) is 4.98 Å². The minimum atomic E-state index is 0.679. The third kappa shape index (κ3) is 3.22. The second kappa shape index (κ2) is 6.90. The lowest BCUT2D eigenvalue weighted by Crippen LogP contribution is -2.06. The van der Waals surface area contributed by atoms with Crippen LogP contribution in [0.2, 0.25) is 0 Å². The van der Waals surface area contributed by atoms with Crippen molar-refractivity contribution in [2.45, 2.75) is 27.2 Å². The van der Waals surface area contributed by atoms with Crippen molar-refractivity contribution >= 4 is 26.7 Å². The van der Waals surface area contributed by atoms with Crippen LogP contribution in [0.25, 0.3) is 10.2 Å². The molecule has 0 aliphatic rings. The molecule has 0 spiro atoms. The van der Waals surface area contributed by atoms with Gasteiger partial charge in [0.25, 0.3) is 0 Å². The minimum Gasteiger partial charge on any atom is -0.493 e. The molecule has 0 unspecified atom stereocenters. The Morgan fingerprint density at radius 2 is 2.05 bits per heavy atom. The molecule has 0 saturated heterocycles. The summed E-state index contributed by atoms with van der Waals surface area (Å²) < 4.78 is 12.0. The summed E-state index contributed by atoms with van der Waals surface area (Å²) in [6.07, 6.45) is 1.02. The maximum absolute atomic E-state index is 5.82. The van der Waals surface area contributed by atoms with E-state index >= 15 is 0 Å². The molecule has 0 aliphatic heterocycles. The van der Waals surface area contributed by atoms with Gasteiger partial charge in [0.2, 0.25) is 0 Å². The summed E-state index contributed by atoms with van der Waals surface area (Å²) in [6, 6.07) is 2.10. The van der Waals surface area contributed by atoms with Crippen LogP contribution in [0.15, 0.2) is 6.07 Å². The van der Waals surface area contributed by atoms with Gasteiger partial charge >= 0.3 is 0 Å². The second-order valence-electron chi connectivity index (χ2n) is 4.76. The summed E-state index contributed by atoms with van der Waals surface area (Å²) in [5, 5.41) is 4.22. The molecule has 0 radical (unpaired) electrons. The van der Waals surface area contributed by atoms with E-state index in [2.05, 4.69) is 37.1 Å². The largest absolute Gasteiger partial charge is 0.493 e. The molecule has 0 bridgehead atoms. The third-order valence-electron chi connectivity index (χ3n) is 3.25. The Kier molecular flexibility index (Phi) is 5.20. The van der Waals surface area contributed by atoms with Crippen LogP contribution in [-0.4, -0.2) is 31.9 Å². The standard InChI is InChI=1S/C15H22N2O2S/c1-5-7-19-12-9-13-14(11(3)10(12)2)17-15(20-13)16-6-8-18-4/h9H,5-8H2,1-4H3,(H,16,17). The molecule has 1 aromatic carbocycles.